The number of nitrogens with zero attached hydrogens (tertiary/aromatic N) is 3. The molecule has 1 aliphatic rings. The maximum atomic E-state index is 9.04. The Kier molecular flexibility index (Phi) is 3.16. The predicted octanol–water partition coefficient (Wildman–Crippen LogP) is 2.06. The largest absolute Gasteiger partial charge is 0.395 e. The number of anilines is 3. The molecule has 112 valence electrons. The molecule has 0 spiro atoms. The van der Waals surface area contributed by atoms with Crippen molar-refractivity contribution in [3.8, 4) is 0 Å². The zero-order valence-corrected chi connectivity index (χ0v) is 12.1. The summed E-state index contributed by atoms with van der Waals surface area (Å²) in [4.78, 5) is 14.1. The molecule has 0 amide bonds. The van der Waals surface area contributed by atoms with Crippen LogP contribution in [0.3, 0.4) is 0 Å². The number of nitrogens with one attached hydrogen (secondary N) is 2. The van der Waals surface area contributed by atoms with Crippen molar-refractivity contribution in [2.75, 3.05) is 29.9 Å². The summed E-state index contributed by atoms with van der Waals surface area (Å²) in [7, 11) is 0. The van der Waals surface area contributed by atoms with Crippen LogP contribution < -0.4 is 10.2 Å². The smallest absolute Gasteiger partial charge is 0.145 e. The normalized spacial score (nSPS) is 13.6. The van der Waals surface area contributed by atoms with E-state index >= 15 is 0 Å². The van der Waals surface area contributed by atoms with Crippen molar-refractivity contribution < 1.29 is 5.11 Å². The van der Waals surface area contributed by atoms with Crippen LogP contribution in [0.4, 0.5) is 17.2 Å². The second kappa shape index (κ2) is 5.31. The Balaban J connectivity index is 1.83. The summed E-state index contributed by atoms with van der Waals surface area (Å²) in [6.07, 6.45) is 4.54. The lowest BCUT2D eigenvalue weighted by atomic mass is 10.2. The molecule has 3 heterocycles. The van der Waals surface area contributed by atoms with Gasteiger partial charge in [-0.3, -0.25) is 0 Å². The molecule has 3 N–H and O–H groups in total. The summed E-state index contributed by atoms with van der Waals surface area (Å²) in [6, 6.07) is 8.46. The average Bonchev–Trinajstić information content (AvgIpc) is 3.16. The number of hydrogen-bond donors (Lipinski definition) is 3. The highest BCUT2D eigenvalue weighted by Gasteiger charge is 2.23. The Labute approximate surface area is 127 Å². The number of aromatic amines is 1. The van der Waals surface area contributed by atoms with Crippen LogP contribution >= 0.6 is 0 Å². The molecule has 0 fully saturated rings. The van der Waals surface area contributed by atoms with Gasteiger partial charge in [-0.2, -0.15) is 0 Å². The van der Waals surface area contributed by atoms with Crippen molar-refractivity contribution in [3.05, 3.63) is 42.4 Å². The molecule has 0 unspecified atom stereocenters. The van der Waals surface area contributed by atoms with Gasteiger partial charge >= 0.3 is 0 Å². The van der Waals surface area contributed by atoms with E-state index in [1.807, 2.05) is 6.20 Å². The number of para-hydroxylation sites is 1. The first-order chi connectivity index (χ1) is 10.9. The number of aromatic nitrogens is 3. The summed E-state index contributed by atoms with van der Waals surface area (Å²) in [5.41, 5.74) is 4.47. The van der Waals surface area contributed by atoms with Gasteiger partial charge in [-0.1, -0.05) is 18.2 Å². The van der Waals surface area contributed by atoms with Crippen LogP contribution in [0.1, 0.15) is 5.56 Å². The van der Waals surface area contributed by atoms with Gasteiger partial charge in [0.2, 0.25) is 0 Å². The van der Waals surface area contributed by atoms with Crippen molar-refractivity contribution in [2.24, 2.45) is 0 Å². The third-order valence-electron chi connectivity index (χ3n) is 4.03. The fourth-order valence-corrected chi connectivity index (χ4v) is 3.06. The topological polar surface area (TPSA) is 77.1 Å². The number of benzene rings is 1. The van der Waals surface area contributed by atoms with Crippen LogP contribution in [0.5, 0.6) is 0 Å². The lowest BCUT2D eigenvalue weighted by Crippen LogP contribution is -2.14. The van der Waals surface area contributed by atoms with Crippen molar-refractivity contribution in [1.82, 2.24) is 15.0 Å². The summed E-state index contributed by atoms with van der Waals surface area (Å²) in [5.74, 6) is 0.750. The first kappa shape index (κ1) is 13.1. The van der Waals surface area contributed by atoms with Crippen molar-refractivity contribution in [2.45, 2.75) is 6.42 Å². The highest BCUT2D eigenvalue weighted by atomic mass is 16.3. The molecule has 0 saturated heterocycles. The number of aliphatic hydroxyl groups excluding tert-OH is 1. The molecule has 1 aromatic carbocycles. The lowest BCUT2D eigenvalue weighted by molar-refractivity contribution is 0.311. The van der Waals surface area contributed by atoms with E-state index in [4.69, 9.17) is 5.11 Å². The number of hydrogen-bond acceptors (Lipinski definition) is 5. The Morgan fingerprint density at radius 2 is 2.14 bits per heavy atom. The standard InChI is InChI=1S/C16H17N5O/c22-8-6-17-15-14-13(9-18-16(14)20-10-19-15)21-7-5-11-3-1-2-4-12(11)21/h1-4,9-10,22H,5-8H2,(H2,17,18,19,20). The molecule has 4 rings (SSSR count). The van der Waals surface area contributed by atoms with Crippen LogP contribution in [0.25, 0.3) is 11.0 Å². The highest BCUT2D eigenvalue weighted by molar-refractivity contribution is 6.01. The monoisotopic (exact) mass is 295 g/mol. The molecule has 1 aliphatic heterocycles. The van der Waals surface area contributed by atoms with Gasteiger partial charge in [-0.05, 0) is 18.1 Å². The van der Waals surface area contributed by atoms with Gasteiger partial charge in [0.25, 0.3) is 0 Å². The molecule has 0 aliphatic carbocycles. The zero-order valence-electron chi connectivity index (χ0n) is 12.1. The van der Waals surface area contributed by atoms with E-state index in [2.05, 4.69) is 49.4 Å². The average molecular weight is 295 g/mol. The Morgan fingerprint density at radius 3 is 3.05 bits per heavy atom. The third kappa shape index (κ3) is 2.00. The fourth-order valence-electron chi connectivity index (χ4n) is 3.06. The summed E-state index contributed by atoms with van der Waals surface area (Å²) in [6.45, 7) is 1.48. The minimum atomic E-state index is 0.0673. The Bertz CT molecular complexity index is 813. The van der Waals surface area contributed by atoms with E-state index in [0.717, 1.165) is 35.5 Å². The van der Waals surface area contributed by atoms with Crippen LogP contribution in [-0.2, 0) is 6.42 Å². The van der Waals surface area contributed by atoms with Gasteiger partial charge < -0.3 is 20.3 Å². The lowest BCUT2D eigenvalue weighted by Gasteiger charge is -2.19. The number of rotatable bonds is 4. The molecule has 0 saturated carbocycles. The van der Waals surface area contributed by atoms with E-state index in [0.29, 0.717) is 6.54 Å². The fraction of sp³-hybridized carbons (Fsp3) is 0.250. The van der Waals surface area contributed by atoms with Gasteiger partial charge in [0.1, 0.15) is 17.8 Å². The summed E-state index contributed by atoms with van der Waals surface area (Å²) >= 11 is 0. The molecule has 2 aromatic heterocycles. The van der Waals surface area contributed by atoms with E-state index in [1.165, 1.54) is 17.6 Å². The van der Waals surface area contributed by atoms with Gasteiger partial charge in [-0.15, -0.1) is 0 Å². The van der Waals surface area contributed by atoms with Gasteiger partial charge in [0.15, 0.2) is 0 Å². The molecule has 0 bridgehead atoms. The maximum absolute atomic E-state index is 9.04. The molecule has 0 atom stereocenters. The Morgan fingerprint density at radius 1 is 1.23 bits per heavy atom. The molecule has 0 radical (unpaired) electrons. The second-order valence-corrected chi connectivity index (χ2v) is 5.30. The van der Waals surface area contributed by atoms with E-state index < -0.39 is 0 Å². The number of fused-ring (bicyclic) bond motifs is 2. The minimum Gasteiger partial charge on any atom is -0.395 e. The van der Waals surface area contributed by atoms with Crippen molar-refractivity contribution in [3.63, 3.8) is 0 Å². The van der Waals surface area contributed by atoms with E-state index in [1.54, 1.807) is 0 Å². The Hall–Kier alpha value is -2.60. The van der Waals surface area contributed by atoms with E-state index in [9.17, 15) is 0 Å². The molecule has 22 heavy (non-hydrogen) atoms. The molecule has 6 nitrogen and oxygen atoms in total. The minimum absolute atomic E-state index is 0.0673. The van der Waals surface area contributed by atoms with Gasteiger partial charge in [-0.25, -0.2) is 9.97 Å². The SMILES string of the molecule is OCCNc1ncnc2[nH]cc(N3CCc4ccccc43)c12. The second-order valence-electron chi connectivity index (χ2n) is 5.30. The van der Waals surface area contributed by atoms with Gasteiger partial charge in [0.05, 0.1) is 17.7 Å². The summed E-state index contributed by atoms with van der Waals surface area (Å²) < 4.78 is 0. The number of H-pyrrole nitrogens is 1. The quantitative estimate of drug-likeness (QED) is 0.687. The zero-order chi connectivity index (χ0) is 14.9. The molecule has 3 aromatic rings. The molecular formula is C16H17N5O. The molecular weight excluding hydrogens is 278 g/mol. The first-order valence-electron chi connectivity index (χ1n) is 7.41. The number of aliphatic hydroxyl groups is 1. The van der Waals surface area contributed by atoms with Crippen molar-refractivity contribution in [1.29, 1.82) is 0 Å². The van der Waals surface area contributed by atoms with Gasteiger partial charge in [0, 0.05) is 25.0 Å². The summed E-state index contributed by atoms with van der Waals surface area (Å²) in [5, 5.41) is 13.2. The van der Waals surface area contributed by atoms with E-state index in [-0.39, 0.29) is 6.61 Å². The van der Waals surface area contributed by atoms with Crippen LogP contribution in [0.15, 0.2) is 36.8 Å². The maximum Gasteiger partial charge on any atom is 0.145 e. The highest BCUT2D eigenvalue weighted by Crippen LogP contribution is 2.39. The molecule has 6 heteroatoms. The predicted molar refractivity (Wildman–Crippen MR) is 86.6 cm³/mol. The third-order valence-corrected chi connectivity index (χ3v) is 4.03. The first-order valence-corrected chi connectivity index (χ1v) is 7.41. The van der Waals surface area contributed by atoms with Crippen molar-refractivity contribution >= 4 is 28.2 Å². The van der Waals surface area contributed by atoms with Crippen LogP contribution in [-0.4, -0.2) is 39.8 Å². The van der Waals surface area contributed by atoms with Crippen LogP contribution in [0, 0.1) is 0 Å². The van der Waals surface area contributed by atoms with Crippen LogP contribution in [0.2, 0.25) is 0 Å².